The van der Waals surface area contributed by atoms with Gasteiger partial charge in [0.25, 0.3) is 0 Å². The topological polar surface area (TPSA) is 87.2 Å². The fourth-order valence-electron chi connectivity index (χ4n) is 1.86. The van der Waals surface area contributed by atoms with Gasteiger partial charge in [0, 0.05) is 19.6 Å². The van der Waals surface area contributed by atoms with E-state index in [9.17, 15) is 14.4 Å². The molecule has 7 heteroatoms. The highest BCUT2D eigenvalue weighted by atomic mass is 16.6. The number of nitrogens with zero attached hydrogens (tertiary/aromatic N) is 2. The van der Waals surface area contributed by atoms with E-state index in [1.54, 1.807) is 0 Å². The van der Waals surface area contributed by atoms with E-state index in [1.165, 1.54) is 11.0 Å². The fourth-order valence-corrected chi connectivity index (χ4v) is 1.86. The largest absolute Gasteiger partial charge is 0.465 e. The predicted molar refractivity (Wildman–Crippen MR) is 84.1 cm³/mol. The number of carbonyl (C=O) groups is 3. The lowest BCUT2D eigenvalue weighted by Crippen LogP contribution is -2.41. The molecule has 0 unspecified atom stereocenters. The van der Waals surface area contributed by atoms with Crippen molar-refractivity contribution in [3.8, 4) is 0 Å². The second-order valence-corrected chi connectivity index (χ2v) is 4.67. The second kappa shape index (κ2) is 9.99. The molecule has 124 valence electrons. The van der Waals surface area contributed by atoms with Crippen LogP contribution in [-0.4, -0.2) is 59.6 Å². The molecule has 0 atom stereocenters. The van der Waals surface area contributed by atoms with Crippen LogP contribution in [0, 0.1) is 0 Å². The van der Waals surface area contributed by atoms with E-state index < -0.39 is 12.2 Å². The SMILES string of the molecule is C=CCOC(=O)N(CCN(CC=O)C(=O)O)Cc1ccccc1. The van der Waals surface area contributed by atoms with E-state index in [-0.39, 0.29) is 32.8 Å². The van der Waals surface area contributed by atoms with Crippen LogP contribution in [0.2, 0.25) is 0 Å². The number of carboxylic acid groups (broad SMARTS) is 1. The van der Waals surface area contributed by atoms with Gasteiger partial charge in [-0.15, -0.1) is 0 Å². The molecule has 1 N–H and O–H groups in total. The summed E-state index contributed by atoms with van der Waals surface area (Å²) in [5.41, 5.74) is 0.889. The summed E-state index contributed by atoms with van der Waals surface area (Å²) in [4.78, 5) is 35.9. The molecule has 0 spiro atoms. The van der Waals surface area contributed by atoms with Crippen LogP contribution >= 0.6 is 0 Å². The Hall–Kier alpha value is -2.83. The minimum Gasteiger partial charge on any atom is -0.465 e. The van der Waals surface area contributed by atoms with Crippen LogP contribution in [0.1, 0.15) is 5.56 Å². The molecule has 1 aromatic rings. The van der Waals surface area contributed by atoms with Crippen molar-refractivity contribution < 1.29 is 24.2 Å². The van der Waals surface area contributed by atoms with E-state index in [0.29, 0.717) is 6.29 Å². The number of carbonyl (C=O) groups excluding carboxylic acids is 2. The first-order chi connectivity index (χ1) is 11.1. The average Bonchev–Trinajstić information content (AvgIpc) is 2.55. The predicted octanol–water partition coefficient (Wildman–Crippen LogP) is 1.99. The van der Waals surface area contributed by atoms with Gasteiger partial charge in [0.15, 0.2) is 0 Å². The van der Waals surface area contributed by atoms with Gasteiger partial charge in [-0.2, -0.15) is 0 Å². The van der Waals surface area contributed by atoms with Crippen LogP contribution < -0.4 is 0 Å². The van der Waals surface area contributed by atoms with E-state index in [2.05, 4.69) is 6.58 Å². The molecule has 0 saturated heterocycles. The summed E-state index contributed by atoms with van der Waals surface area (Å²) < 4.78 is 5.01. The van der Waals surface area contributed by atoms with Gasteiger partial charge in [0.1, 0.15) is 12.9 Å². The lowest BCUT2D eigenvalue weighted by Gasteiger charge is -2.25. The summed E-state index contributed by atoms with van der Waals surface area (Å²) >= 11 is 0. The third-order valence-corrected chi connectivity index (χ3v) is 3.00. The highest BCUT2D eigenvalue weighted by Gasteiger charge is 2.18. The molecule has 0 saturated carbocycles. The zero-order chi connectivity index (χ0) is 17.1. The summed E-state index contributed by atoms with van der Waals surface area (Å²) in [6.45, 7) is 3.72. The third kappa shape index (κ3) is 6.64. The molecule has 0 aliphatic heterocycles. The Bertz CT molecular complexity index is 533. The van der Waals surface area contributed by atoms with Gasteiger partial charge in [-0.25, -0.2) is 9.59 Å². The quantitative estimate of drug-likeness (QED) is 0.555. The van der Waals surface area contributed by atoms with Crippen molar-refractivity contribution >= 4 is 18.5 Å². The summed E-state index contributed by atoms with van der Waals surface area (Å²) in [7, 11) is 0. The molecular weight excluding hydrogens is 300 g/mol. The zero-order valence-corrected chi connectivity index (χ0v) is 12.8. The third-order valence-electron chi connectivity index (χ3n) is 3.00. The molecular formula is C16H20N2O5. The Morgan fingerprint density at radius 1 is 1.17 bits per heavy atom. The molecule has 0 radical (unpaired) electrons. The maximum absolute atomic E-state index is 12.1. The van der Waals surface area contributed by atoms with Gasteiger partial charge in [0.05, 0.1) is 6.54 Å². The molecule has 0 aliphatic carbocycles. The normalized spacial score (nSPS) is 9.74. The summed E-state index contributed by atoms with van der Waals surface area (Å²) in [6, 6.07) is 9.26. The van der Waals surface area contributed by atoms with Crippen molar-refractivity contribution in [2.45, 2.75) is 6.54 Å². The molecule has 23 heavy (non-hydrogen) atoms. The van der Waals surface area contributed by atoms with Gasteiger partial charge < -0.3 is 19.5 Å². The van der Waals surface area contributed by atoms with Crippen molar-refractivity contribution in [3.05, 3.63) is 48.6 Å². The maximum atomic E-state index is 12.1. The lowest BCUT2D eigenvalue weighted by molar-refractivity contribution is -0.108. The van der Waals surface area contributed by atoms with Crippen LogP contribution in [-0.2, 0) is 16.1 Å². The van der Waals surface area contributed by atoms with Crippen molar-refractivity contribution in [1.82, 2.24) is 9.80 Å². The van der Waals surface area contributed by atoms with Crippen molar-refractivity contribution in [1.29, 1.82) is 0 Å². The molecule has 0 aromatic heterocycles. The number of aldehydes is 1. The molecule has 0 fully saturated rings. The molecule has 2 amide bonds. The number of hydrogen-bond donors (Lipinski definition) is 1. The van der Waals surface area contributed by atoms with E-state index in [1.807, 2.05) is 30.3 Å². The monoisotopic (exact) mass is 320 g/mol. The first-order valence-corrected chi connectivity index (χ1v) is 7.06. The van der Waals surface area contributed by atoms with Crippen LogP contribution in [0.3, 0.4) is 0 Å². The Morgan fingerprint density at radius 2 is 1.83 bits per heavy atom. The molecule has 0 heterocycles. The van der Waals surface area contributed by atoms with Crippen molar-refractivity contribution in [2.75, 3.05) is 26.2 Å². The molecule has 0 bridgehead atoms. The Labute approximate surface area is 134 Å². The van der Waals surface area contributed by atoms with E-state index in [4.69, 9.17) is 9.84 Å². The molecule has 0 aliphatic rings. The van der Waals surface area contributed by atoms with Gasteiger partial charge >= 0.3 is 12.2 Å². The molecule has 1 rings (SSSR count). The van der Waals surface area contributed by atoms with Gasteiger partial charge in [-0.3, -0.25) is 4.90 Å². The van der Waals surface area contributed by atoms with Crippen LogP contribution in [0.25, 0.3) is 0 Å². The molecule has 7 nitrogen and oxygen atoms in total. The summed E-state index contributed by atoms with van der Waals surface area (Å²) in [5, 5.41) is 9.01. The fraction of sp³-hybridized carbons (Fsp3) is 0.312. The van der Waals surface area contributed by atoms with Crippen molar-refractivity contribution in [2.24, 2.45) is 0 Å². The zero-order valence-electron chi connectivity index (χ0n) is 12.8. The average molecular weight is 320 g/mol. The highest BCUT2D eigenvalue weighted by Crippen LogP contribution is 2.07. The number of ether oxygens (including phenoxy) is 1. The second-order valence-electron chi connectivity index (χ2n) is 4.67. The van der Waals surface area contributed by atoms with Crippen LogP contribution in [0.15, 0.2) is 43.0 Å². The highest BCUT2D eigenvalue weighted by molar-refractivity contribution is 5.70. The first-order valence-electron chi connectivity index (χ1n) is 7.06. The lowest BCUT2D eigenvalue weighted by atomic mass is 10.2. The van der Waals surface area contributed by atoms with Gasteiger partial charge in [-0.1, -0.05) is 43.0 Å². The number of hydrogen-bond acceptors (Lipinski definition) is 4. The van der Waals surface area contributed by atoms with E-state index in [0.717, 1.165) is 10.5 Å². The van der Waals surface area contributed by atoms with Gasteiger partial charge in [0.2, 0.25) is 0 Å². The first kappa shape index (κ1) is 18.2. The van der Waals surface area contributed by atoms with Gasteiger partial charge in [-0.05, 0) is 5.56 Å². The summed E-state index contributed by atoms with van der Waals surface area (Å²) in [6.07, 6.45) is 0.182. The number of rotatable bonds is 9. The minimum absolute atomic E-state index is 0.0180. The Morgan fingerprint density at radius 3 is 2.39 bits per heavy atom. The number of amides is 2. The maximum Gasteiger partial charge on any atom is 0.410 e. The minimum atomic E-state index is -1.21. The summed E-state index contributed by atoms with van der Waals surface area (Å²) in [5.74, 6) is 0. The van der Waals surface area contributed by atoms with Crippen LogP contribution in [0.4, 0.5) is 9.59 Å². The smallest absolute Gasteiger partial charge is 0.410 e. The van der Waals surface area contributed by atoms with Crippen molar-refractivity contribution in [3.63, 3.8) is 0 Å². The standard InChI is InChI=1S/C16H20N2O5/c1-2-12-23-16(22)18(13-14-6-4-3-5-7-14)9-8-17(10-11-19)15(20)21/h2-7,11H,1,8-10,12-13H2,(H,20,21). The van der Waals surface area contributed by atoms with E-state index >= 15 is 0 Å². The Kier molecular flexibility index (Phi) is 7.91. The number of benzene rings is 1. The van der Waals surface area contributed by atoms with Crippen LogP contribution in [0.5, 0.6) is 0 Å². The Balaban J connectivity index is 2.73. The molecule has 1 aromatic carbocycles.